The third-order valence-electron chi connectivity index (χ3n) is 1.05. The zero-order valence-corrected chi connectivity index (χ0v) is 5.76. The van der Waals surface area contributed by atoms with Crippen LogP contribution in [0, 0.1) is 0 Å². The van der Waals surface area contributed by atoms with E-state index < -0.39 is 12.1 Å². The van der Waals surface area contributed by atoms with E-state index in [2.05, 4.69) is 10.5 Å². The number of amides is 1. The lowest BCUT2D eigenvalue weighted by Crippen LogP contribution is -2.38. The molecule has 64 valence electrons. The first-order valence-corrected chi connectivity index (χ1v) is 2.89. The molecule has 0 aromatic heterocycles. The van der Waals surface area contributed by atoms with Crippen molar-refractivity contribution in [2.45, 2.75) is 0 Å². The van der Waals surface area contributed by atoms with E-state index in [1.54, 1.807) is 0 Å². The van der Waals surface area contributed by atoms with Crippen molar-refractivity contribution in [3.05, 3.63) is 12.3 Å². The van der Waals surface area contributed by atoms with Gasteiger partial charge in [0.2, 0.25) is 0 Å². The molecule has 1 amide bonds. The molecule has 1 aliphatic heterocycles. The zero-order valence-electron chi connectivity index (χ0n) is 5.76. The second-order valence-electron chi connectivity index (χ2n) is 1.85. The number of hydrogen-bond acceptors (Lipinski definition) is 4. The second-order valence-corrected chi connectivity index (χ2v) is 1.85. The highest BCUT2D eigenvalue weighted by Crippen LogP contribution is 1.95. The molecule has 0 aliphatic carbocycles. The predicted molar refractivity (Wildman–Crippen MR) is 37.2 cm³/mol. The molecule has 0 unspecified atom stereocenters. The van der Waals surface area contributed by atoms with E-state index >= 15 is 0 Å². The molecule has 7 nitrogen and oxygen atoms in total. The smallest absolute Gasteiger partial charge is 0.447 e. The molecule has 12 heavy (non-hydrogen) atoms. The average Bonchev–Trinajstić information content (AvgIpc) is 2.04. The molecule has 0 spiro atoms. The second kappa shape index (κ2) is 2.91. The number of carboxylic acid groups (broad SMARTS) is 2. The van der Waals surface area contributed by atoms with E-state index in [4.69, 9.17) is 10.2 Å². The lowest BCUT2D eigenvalue weighted by Gasteiger charge is -2.15. The van der Waals surface area contributed by atoms with Gasteiger partial charge in [-0.05, 0) is 6.08 Å². The van der Waals surface area contributed by atoms with Crippen LogP contribution in [-0.2, 0) is 4.79 Å². The van der Waals surface area contributed by atoms with Gasteiger partial charge in [0.1, 0.15) is 0 Å². The number of hydrazine groups is 1. The van der Waals surface area contributed by atoms with Crippen LogP contribution in [0.2, 0.25) is 0 Å². The van der Waals surface area contributed by atoms with Crippen LogP contribution in [0.3, 0.4) is 0 Å². The monoisotopic (exact) mass is 171 g/mol. The molecular formula is C5H5N3O4. The number of hydrazone groups is 1. The van der Waals surface area contributed by atoms with Gasteiger partial charge in [-0.2, -0.15) is 0 Å². The first kappa shape index (κ1) is 8.05. The molecule has 0 fully saturated rings. The average molecular weight is 171 g/mol. The van der Waals surface area contributed by atoms with Gasteiger partial charge in [0.05, 0.1) is 0 Å². The molecule has 1 heterocycles. The highest BCUT2D eigenvalue weighted by atomic mass is 16.4. The maximum absolute atomic E-state index is 10.3. The van der Waals surface area contributed by atoms with Crippen LogP contribution in [-0.4, -0.2) is 33.1 Å². The van der Waals surface area contributed by atoms with Crippen LogP contribution in [0.1, 0.15) is 0 Å². The molecule has 0 bridgehead atoms. The lowest BCUT2D eigenvalue weighted by atomic mass is 10.4. The normalized spacial score (nSPS) is 15.0. The summed E-state index contributed by atoms with van der Waals surface area (Å²) in [5.74, 6) is -1.28. The largest absolute Gasteiger partial charge is 0.476 e. The molecule has 0 atom stereocenters. The molecule has 0 radical (unpaired) electrons. The minimum Gasteiger partial charge on any atom is -0.476 e. The van der Waals surface area contributed by atoms with Gasteiger partial charge in [-0.15, -0.1) is 10.2 Å². The fourth-order valence-electron chi connectivity index (χ4n) is 0.569. The van der Waals surface area contributed by atoms with Gasteiger partial charge >= 0.3 is 12.1 Å². The number of nitrogens with one attached hydrogen (secondary N) is 1. The summed E-state index contributed by atoms with van der Waals surface area (Å²) in [6.07, 6.45) is 0.949. The minimum absolute atomic E-state index is 0.337. The summed E-state index contributed by atoms with van der Waals surface area (Å²) >= 11 is 0. The summed E-state index contributed by atoms with van der Waals surface area (Å²) in [6.45, 7) is 0. The highest BCUT2D eigenvalue weighted by Gasteiger charge is 2.16. The molecule has 1 aliphatic rings. The molecular weight excluding hydrogens is 166 g/mol. The highest BCUT2D eigenvalue weighted by molar-refractivity contribution is 6.40. The maximum Gasteiger partial charge on any atom is 0.447 e. The molecule has 7 heteroatoms. The number of hydrogen-bond donors (Lipinski definition) is 3. The van der Waals surface area contributed by atoms with E-state index in [1.807, 2.05) is 0 Å². The third-order valence-corrected chi connectivity index (χ3v) is 1.05. The van der Waals surface area contributed by atoms with Crippen molar-refractivity contribution in [1.82, 2.24) is 10.5 Å². The molecule has 0 aromatic carbocycles. The Morgan fingerprint density at radius 1 is 1.50 bits per heavy atom. The van der Waals surface area contributed by atoms with Crippen LogP contribution >= 0.6 is 0 Å². The number of rotatable bonds is 1. The summed E-state index contributed by atoms with van der Waals surface area (Å²) in [5.41, 5.74) is 1.87. The SMILES string of the molecule is O=C(O)C1=NN(C(=O)O)NC=C1. The van der Waals surface area contributed by atoms with Crippen LogP contribution in [0.15, 0.2) is 17.4 Å². The summed E-state index contributed by atoms with van der Waals surface area (Å²) in [5, 5.41) is 20.4. The number of aliphatic carboxylic acids is 1. The Bertz CT molecular complexity index is 282. The van der Waals surface area contributed by atoms with Crippen LogP contribution in [0.25, 0.3) is 0 Å². The van der Waals surface area contributed by atoms with E-state index in [1.165, 1.54) is 6.20 Å². The number of carboxylic acids is 1. The topological polar surface area (TPSA) is 102 Å². The lowest BCUT2D eigenvalue weighted by molar-refractivity contribution is -0.129. The van der Waals surface area contributed by atoms with E-state index in [0.717, 1.165) is 6.08 Å². The van der Waals surface area contributed by atoms with Gasteiger partial charge < -0.3 is 10.2 Å². The van der Waals surface area contributed by atoms with E-state index in [0.29, 0.717) is 5.12 Å². The molecule has 3 N–H and O–H groups in total. The van der Waals surface area contributed by atoms with Crippen molar-refractivity contribution in [1.29, 1.82) is 0 Å². The van der Waals surface area contributed by atoms with Crippen molar-refractivity contribution >= 4 is 17.8 Å². The van der Waals surface area contributed by atoms with Crippen LogP contribution in [0.4, 0.5) is 4.79 Å². The Balaban J connectivity index is 2.82. The Labute approximate surface area is 66.6 Å². The molecule has 0 aromatic rings. The summed E-state index contributed by atoms with van der Waals surface area (Å²) in [7, 11) is 0. The predicted octanol–water partition coefficient (Wildman–Crippen LogP) is -0.561. The number of nitrogens with zero attached hydrogens (tertiary/aromatic N) is 2. The molecule has 0 saturated heterocycles. The van der Waals surface area contributed by atoms with Gasteiger partial charge in [-0.3, -0.25) is 5.43 Å². The van der Waals surface area contributed by atoms with Gasteiger partial charge in [0.15, 0.2) is 5.71 Å². The van der Waals surface area contributed by atoms with E-state index in [9.17, 15) is 9.59 Å². The minimum atomic E-state index is -1.38. The Kier molecular flexibility index (Phi) is 1.95. The van der Waals surface area contributed by atoms with Crippen LogP contribution in [0.5, 0.6) is 0 Å². The summed E-state index contributed by atoms with van der Waals surface area (Å²) < 4.78 is 0. The third kappa shape index (κ3) is 1.51. The van der Waals surface area contributed by atoms with Crippen molar-refractivity contribution in [2.24, 2.45) is 5.10 Å². The molecule has 1 rings (SSSR count). The zero-order chi connectivity index (χ0) is 9.14. The first-order chi connectivity index (χ1) is 5.61. The summed E-state index contributed by atoms with van der Waals surface area (Å²) in [6, 6.07) is 0. The number of carbonyl (C=O) groups is 2. The first-order valence-electron chi connectivity index (χ1n) is 2.89. The quantitative estimate of drug-likeness (QED) is 0.490. The van der Waals surface area contributed by atoms with Gasteiger partial charge in [0, 0.05) is 6.20 Å². The Morgan fingerprint density at radius 2 is 2.17 bits per heavy atom. The van der Waals surface area contributed by atoms with Crippen molar-refractivity contribution < 1.29 is 19.8 Å². The summed E-state index contributed by atoms with van der Waals surface area (Å²) in [4.78, 5) is 20.5. The fraction of sp³-hybridized carbons (Fsp3) is 0. The van der Waals surface area contributed by atoms with Gasteiger partial charge in [-0.25, -0.2) is 9.59 Å². The fourth-order valence-corrected chi connectivity index (χ4v) is 0.569. The van der Waals surface area contributed by atoms with E-state index in [-0.39, 0.29) is 5.71 Å². The van der Waals surface area contributed by atoms with Gasteiger partial charge in [-0.1, -0.05) is 0 Å². The van der Waals surface area contributed by atoms with Crippen LogP contribution < -0.4 is 5.43 Å². The standard InChI is InChI=1S/C5H5N3O4/c9-4(10)3-1-2-6-8(7-3)5(11)12/h1-2,6H,(H,9,10)(H,11,12). The Morgan fingerprint density at radius 3 is 2.67 bits per heavy atom. The maximum atomic E-state index is 10.3. The van der Waals surface area contributed by atoms with Gasteiger partial charge in [0.25, 0.3) is 0 Å². The van der Waals surface area contributed by atoms with Crippen molar-refractivity contribution in [3.8, 4) is 0 Å². The Hall–Kier alpha value is -2.05. The van der Waals surface area contributed by atoms with Crippen molar-refractivity contribution in [3.63, 3.8) is 0 Å². The molecule has 0 saturated carbocycles. The van der Waals surface area contributed by atoms with Crippen molar-refractivity contribution in [2.75, 3.05) is 0 Å².